The van der Waals surface area contributed by atoms with Gasteiger partial charge in [0.25, 0.3) is 0 Å². The van der Waals surface area contributed by atoms with E-state index in [0.29, 0.717) is 12.6 Å². The van der Waals surface area contributed by atoms with Crippen molar-refractivity contribution in [3.63, 3.8) is 0 Å². The van der Waals surface area contributed by atoms with Crippen LogP contribution >= 0.6 is 11.6 Å². The van der Waals surface area contributed by atoms with Gasteiger partial charge in [-0.2, -0.15) is 0 Å². The van der Waals surface area contributed by atoms with Crippen molar-refractivity contribution in [3.05, 3.63) is 34.9 Å². The zero-order chi connectivity index (χ0) is 13.1. The van der Waals surface area contributed by atoms with Crippen LogP contribution in [-0.4, -0.2) is 37.2 Å². The highest BCUT2D eigenvalue weighted by Crippen LogP contribution is 2.30. The summed E-state index contributed by atoms with van der Waals surface area (Å²) in [7, 11) is 2.11. The molecule has 18 heavy (non-hydrogen) atoms. The molecule has 1 aromatic rings. The Morgan fingerprint density at radius 1 is 1.50 bits per heavy atom. The first-order chi connectivity index (χ1) is 8.65. The summed E-state index contributed by atoms with van der Waals surface area (Å²) in [6.07, 6.45) is 1.31. The summed E-state index contributed by atoms with van der Waals surface area (Å²) in [5.41, 5.74) is 7.05. The molecule has 0 radical (unpaired) electrons. The lowest BCUT2D eigenvalue weighted by molar-refractivity contribution is 0.0686. The summed E-state index contributed by atoms with van der Waals surface area (Å²) >= 11 is 6.27. The average molecular weight is 269 g/mol. The maximum Gasteiger partial charge on any atom is 0.0703 e. The van der Waals surface area contributed by atoms with E-state index in [4.69, 9.17) is 22.1 Å². The highest BCUT2D eigenvalue weighted by molar-refractivity contribution is 6.31. The second-order valence-electron chi connectivity index (χ2n) is 4.87. The van der Waals surface area contributed by atoms with Gasteiger partial charge in [0.15, 0.2) is 0 Å². The van der Waals surface area contributed by atoms with Crippen molar-refractivity contribution in [2.24, 2.45) is 5.73 Å². The molecule has 100 valence electrons. The molecule has 1 aromatic carbocycles. The Morgan fingerprint density at radius 2 is 2.22 bits per heavy atom. The molecule has 0 saturated carbocycles. The predicted molar refractivity (Wildman–Crippen MR) is 74.8 cm³/mol. The number of rotatable bonds is 4. The van der Waals surface area contributed by atoms with E-state index in [1.807, 2.05) is 18.2 Å². The molecule has 1 aliphatic rings. The lowest BCUT2D eigenvalue weighted by Crippen LogP contribution is -2.42. The highest BCUT2D eigenvalue weighted by atomic mass is 35.5. The smallest absolute Gasteiger partial charge is 0.0703 e. The van der Waals surface area contributed by atoms with Gasteiger partial charge in [-0.15, -0.1) is 0 Å². The molecule has 0 amide bonds. The van der Waals surface area contributed by atoms with Gasteiger partial charge >= 0.3 is 0 Å². The fourth-order valence-electron chi connectivity index (χ4n) is 2.74. The Kier molecular flexibility index (Phi) is 4.62. The first kappa shape index (κ1) is 13.8. The molecule has 3 nitrogen and oxygen atoms in total. The van der Waals surface area contributed by atoms with E-state index in [9.17, 15) is 0 Å². The second-order valence-corrected chi connectivity index (χ2v) is 5.28. The van der Waals surface area contributed by atoms with Crippen LogP contribution in [0.2, 0.25) is 5.02 Å². The third-order valence-electron chi connectivity index (χ3n) is 3.84. The Bertz CT molecular complexity index is 399. The Hall–Kier alpha value is -0.610. The van der Waals surface area contributed by atoms with Crippen LogP contribution in [0.15, 0.2) is 24.3 Å². The Morgan fingerprint density at radius 3 is 2.78 bits per heavy atom. The zero-order valence-corrected chi connectivity index (χ0v) is 11.7. The molecule has 4 heteroatoms. The van der Waals surface area contributed by atoms with Gasteiger partial charge in [-0.25, -0.2) is 0 Å². The fraction of sp³-hybridized carbons (Fsp3) is 0.571. The molecule has 0 aliphatic carbocycles. The largest absolute Gasteiger partial charge is 0.377 e. The van der Waals surface area contributed by atoms with E-state index < -0.39 is 0 Å². The number of likely N-dealkylation sites (N-methyl/N-ethyl adjacent to an activating group) is 1. The number of nitrogens with two attached hydrogens (primary N) is 1. The Balaban J connectivity index is 2.20. The first-order valence-electron chi connectivity index (χ1n) is 6.43. The van der Waals surface area contributed by atoms with Gasteiger partial charge in [0, 0.05) is 30.3 Å². The molecular weight excluding hydrogens is 248 g/mol. The van der Waals surface area contributed by atoms with Crippen LogP contribution in [0.3, 0.4) is 0 Å². The number of hydrogen-bond acceptors (Lipinski definition) is 3. The van der Waals surface area contributed by atoms with Gasteiger partial charge in [0.1, 0.15) is 0 Å². The van der Waals surface area contributed by atoms with Crippen LogP contribution in [0.5, 0.6) is 0 Å². The maximum absolute atomic E-state index is 6.27. The number of nitrogens with zero attached hydrogens (tertiary/aromatic N) is 1. The first-order valence-corrected chi connectivity index (χ1v) is 6.81. The SMILES string of the molecule is CC1OCCC1N(C)C(CN)c1ccccc1Cl. The van der Waals surface area contributed by atoms with E-state index in [1.165, 1.54) is 0 Å². The van der Waals surface area contributed by atoms with Crippen molar-refractivity contribution >= 4 is 11.6 Å². The van der Waals surface area contributed by atoms with Crippen molar-refractivity contribution < 1.29 is 4.74 Å². The molecule has 0 bridgehead atoms. The monoisotopic (exact) mass is 268 g/mol. The second kappa shape index (κ2) is 6.02. The summed E-state index contributed by atoms with van der Waals surface area (Å²) in [6.45, 7) is 3.51. The summed E-state index contributed by atoms with van der Waals surface area (Å²) in [6, 6.07) is 8.48. The molecule has 3 atom stereocenters. The van der Waals surface area contributed by atoms with E-state index in [1.54, 1.807) is 0 Å². The van der Waals surface area contributed by atoms with Crippen LogP contribution < -0.4 is 5.73 Å². The minimum absolute atomic E-state index is 0.146. The van der Waals surface area contributed by atoms with Gasteiger partial charge in [-0.3, -0.25) is 4.90 Å². The van der Waals surface area contributed by atoms with Crippen molar-refractivity contribution in [2.75, 3.05) is 20.2 Å². The fourth-order valence-corrected chi connectivity index (χ4v) is 3.01. The van der Waals surface area contributed by atoms with Gasteiger partial charge in [-0.05, 0) is 32.0 Å². The van der Waals surface area contributed by atoms with Crippen molar-refractivity contribution in [1.82, 2.24) is 4.90 Å². The zero-order valence-electron chi connectivity index (χ0n) is 11.0. The van der Waals surface area contributed by atoms with Crippen LogP contribution in [-0.2, 0) is 4.74 Å². The number of hydrogen-bond donors (Lipinski definition) is 1. The maximum atomic E-state index is 6.27. The molecule has 2 N–H and O–H groups in total. The van der Waals surface area contributed by atoms with Gasteiger partial charge in [0.05, 0.1) is 6.10 Å². The lowest BCUT2D eigenvalue weighted by atomic mass is 10.0. The molecule has 1 aliphatic heterocycles. The number of ether oxygens (including phenoxy) is 1. The third kappa shape index (κ3) is 2.69. The van der Waals surface area contributed by atoms with Gasteiger partial charge in [-0.1, -0.05) is 29.8 Å². The van der Waals surface area contributed by atoms with Crippen molar-refractivity contribution in [1.29, 1.82) is 0 Å². The van der Waals surface area contributed by atoms with E-state index in [2.05, 4.69) is 24.9 Å². The third-order valence-corrected chi connectivity index (χ3v) is 4.18. The number of halogens is 1. The summed E-state index contributed by atoms with van der Waals surface area (Å²) in [5, 5.41) is 0.784. The molecule has 0 spiro atoms. The van der Waals surface area contributed by atoms with Gasteiger partial charge < -0.3 is 10.5 Å². The molecule has 3 unspecified atom stereocenters. The number of benzene rings is 1. The Labute approximate surface area is 114 Å². The van der Waals surface area contributed by atoms with Gasteiger partial charge in [0.2, 0.25) is 0 Å². The van der Waals surface area contributed by atoms with Crippen molar-refractivity contribution in [2.45, 2.75) is 31.5 Å². The normalized spacial score (nSPS) is 25.6. The quantitative estimate of drug-likeness (QED) is 0.912. The lowest BCUT2D eigenvalue weighted by Gasteiger charge is -2.34. The molecule has 2 rings (SSSR count). The van der Waals surface area contributed by atoms with E-state index in [-0.39, 0.29) is 12.1 Å². The summed E-state index contributed by atoms with van der Waals surface area (Å²) in [5.74, 6) is 0. The van der Waals surface area contributed by atoms with Crippen molar-refractivity contribution in [3.8, 4) is 0 Å². The summed E-state index contributed by atoms with van der Waals surface area (Å²) in [4.78, 5) is 2.30. The molecular formula is C14H21ClN2O. The standard InChI is InChI=1S/C14H21ClN2O/c1-10-13(7-8-18-10)17(2)14(9-16)11-5-3-4-6-12(11)15/h3-6,10,13-14H,7-9,16H2,1-2H3. The minimum atomic E-state index is 0.146. The predicted octanol–water partition coefficient (Wildman–Crippen LogP) is 2.45. The van der Waals surface area contributed by atoms with E-state index in [0.717, 1.165) is 23.6 Å². The molecule has 0 aromatic heterocycles. The van der Waals surface area contributed by atoms with Crippen LogP contribution in [0, 0.1) is 0 Å². The van der Waals surface area contributed by atoms with Crippen LogP contribution in [0.4, 0.5) is 0 Å². The summed E-state index contributed by atoms with van der Waals surface area (Å²) < 4.78 is 5.63. The van der Waals surface area contributed by atoms with Crippen LogP contribution in [0.25, 0.3) is 0 Å². The van der Waals surface area contributed by atoms with Crippen LogP contribution in [0.1, 0.15) is 24.9 Å². The topological polar surface area (TPSA) is 38.5 Å². The highest BCUT2D eigenvalue weighted by Gasteiger charge is 2.32. The molecule has 1 heterocycles. The van der Waals surface area contributed by atoms with E-state index >= 15 is 0 Å². The molecule has 1 fully saturated rings. The molecule has 1 saturated heterocycles. The average Bonchev–Trinajstić information content (AvgIpc) is 2.78. The minimum Gasteiger partial charge on any atom is -0.377 e.